The van der Waals surface area contributed by atoms with Gasteiger partial charge >= 0.3 is 0 Å². The van der Waals surface area contributed by atoms with Gasteiger partial charge in [0.1, 0.15) is 31.9 Å². The van der Waals surface area contributed by atoms with Gasteiger partial charge in [0.25, 0.3) is 0 Å². The number of benzene rings is 1. The molecule has 0 aliphatic rings. The van der Waals surface area contributed by atoms with Crippen LogP contribution >= 0.6 is 0 Å². The summed E-state index contributed by atoms with van der Waals surface area (Å²) in [6, 6.07) is 11.8. The molecule has 0 aliphatic heterocycles. The third-order valence-corrected chi connectivity index (χ3v) is 3.77. The van der Waals surface area contributed by atoms with Gasteiger partial charge < -0.3 is 25.3 Å². The van der Waals surface area contributed by atoms with E-state index in [4.69, 9.17) is 4.42 Å². The lowest BCUT2D eigenvalue weighted by molar-refractivity contribution is -0.733. The predicted octanol–water partition coefficient (Wildman–Crippen LogP) is 0.00750. The van der Waals surface area contributed by atoms with Crippen LogP contribution < -0.4 is 10.6 Å². The zero-order valence-corrected chi connectivity index (χ0v) is 13.9. The standard InChI is InChI=1S/C18H26N2O3/c1-13(21)11-19-9-10-20-12-17-7-8-18(23-17)16-5-3-15(4-6-16)14(2)22/h3-8,13-14,19-22H,9-12H2,1-2H3/p+2/t13-,14-/m1/s1. The van der Waals surface area contributed by atoms with Crippen LogP contribution in [0.3, 0.4) is 0 Å². The van der Waals surface area contributed by atoms with Crippen molar-refractivity contribution in [2.75, 3.05) is 19.6 Å². The first-order valence-electron chi connectivity index (χ1n) is 8.24. The Morgan fingerprint density at radius 3 is 2.30 bits per heavy atom. The zero-order chi connectivity index (χ0) is 16.7. The third kappa shape index (κ3) is 5.80. The van der Waals surface area contributed by atoms with Crippen LogP contribution in [-0.2, 0) is 6.54 Å². The summed E-state index contributed by atoms with van der Waals surface area (Å²) < 4.78 is 5.87. The van der Waals surface area contributed by atoms with Gasteiger partial charge in [-0.25, -0.2) is 0 Å². The molecule has 2 aromatic rings. The molecule has 0 radical (unpaired) electrons. The lowest BCUT2D eigenvalue weighted by Gasteiger charge is -2.05. The van der Waals surface area contributed by atoms with Crippen molar-refractivity contribution in [1.82, 2.24) is 0 Å². The minimum Gasteiger partial charge on any atom is -0.455 e. The normalized spacial score (nSPS) is 13.9. The summed E-state index contributed by atoms with van der Waals surface area (Å²) in [5, 5.41) is 23.0. The smallest absolute Gasteiger partial charge is 0.158 e. The molecule has 2 atom stereocenters. The fourth-order valence-corrected chi connectivity index (χ4v) is 2.41. The van der Waals surface area contributed by atoms with Crippen LogP contribution in [0, 0.1) is 0 Å². The Bertz CT molecular complexity index is 576. The highest BCUT2D eigenvalue weighted by atomic mass is 16.3. The van der Waals surface area contributed by atoms with Gasteiger partial charge in [0, 0.05) is 5.56 Å². The SMILES string of the molecule is C[C@@H](O)C[NH2+]CC[NH2+]Cc1ccc(-c2ccc([C@@H](C)O)cc2)o1. The van der Waals surface area contributed by atoms with E-state index in [1.54, 1.807) is 13.8 Å². The highest BCUT2D eigenvalue weighted by Gasteiger charge is 2.07. The summed E-state index contributed by atoms with van der Waals surface area (Å²) >= 11 is 0. The molecule has 0 aliphatic carbocycles. The third-order valence-electron chi connectivity index (χ3n) is 3.77. The van der Waals surface area contributed by atoms with Gasteiger partial charge in [0.2, 0.25) is 0 Å². The van der Waals surface area contributed by atoms with E-state index in [-0.39, 0.29) is 6.10 Å². The van der Waals surface area contributed by atoms with Crippen molar-refractivity contribution in [3.8, 4) is 11.3 Å². The number of rotatable bonds is 9. The minimum absolute atomic E-state index is 0.247. The van der Waals surface area contributed by atoms with Crippen molar-refractivity contribution in [3.63, 3.8) is 0 Å². The lowest BCUT2D eigenvalue weighted by atomic mass is 10.1. The van der Waals surface area contributed by atoms with Crippen LogP contribution in [0.5, 0.6) is 0 Å². The summed E-state index contributed by atoms with van der Waals surface area (Å²) in [7, 11) is 0. The van der Waals surface area contributed by atoms with Crippen molar-refractivity contribution in [3.05, 3.63) is 47.7 Å². The lowest BCUT2D eigenvalue weighted by Crippen LogP contribution is -2.95. The molecule has 5 heteroatoms. The fraction of sp³-hybridized carbons (Fsp3) is 0.444. The summed E-state index contributed by atoms with van der Waals surface area (Å²) in [5.74, 6) is 1.81. The van der Waals surface area contributed by atoms with Gasteiger partial charge in [-0.15, -0.1) is 0 Å². The van der Waals surface area contributed by atoms with Crippen LogP contribution in [0.15, 0.2) is 40.8 Å². The Morgan fingerprint density at radius 2 is 1.65 bits per heavy atom. The van der Waals surface area contributed by atoms with Crippen molar-refractivity contribution < 1.29 is 25.3 Å². The molecule has 0 saturated carbocycles. The molecular weight excluding hydrogens is 292 g/mol. The van der Waals surface area contributed by atoms with Crippen LogP contribution in [0.25, 0.3) is 11.3 Å². The number of aliphatic hydroxyl groups is 2. The van der Waals surface area contributed by atoms with E-state index in [1.165, 1.54) is 0 Å². The average Bonchev–Trinajstić information content (AvgIpc) is 2.99. The Morgan fingerprint density at radius 1 is 0.957 bits per heavy atom. The summed E-state index contributed by atoms with van der Waals surface area (Å²) in [6.07, 6.45) is -0.695. The van der Waals surface area contributed by atoms with Gasteiger partial charge in [-0.2, -0.15) is 0 Å². The molecule has 0 bridgehead atoms. The van der Waals surface area contributed by atoms with Crippen LogP contribution in [0.4, 0.5) is 0 Å². The fourth-order valence-electron chi connectivity index (χ4n) is 2.41. The molecule has 2 rings (SSSR count). The molecule has 0 spiro atoms. The number of nitrogens with two attached hydrogens (primary N) is 2. The van der Waals surface area contributed by atoms with E-state index in [2.05, 4.69) is 10.6 Å². The Labute approximate surface area is 137 Å². The first-order chi connectivity index (χ1) is 11.1. The van der Waals surface area contributed by atoms with E-state index in [0.29, 0.717) is 0 Å². The van der Waals surface area contributed by atoms with Gasteiger partial charge in [0.15, 0.2) is 5.76 Å². The highest BCUT2D eigenvalue weighted by Crippen LogP contribution is 2.23. The molecule has 23 heavy (non-hydrogen) atoms. The van der Waals surface area contributed by atoms with Gasteiger partial charge in [-0.3, -0.25) is 0 Å². The molecule has 0 unspecified atom stereocenters. The first kappa shape index (κ1) is 17.7. The number of quaternary nitrogens is 2. The Hall–Kier alpha value is -1.66. The molecule has 1 aromatic carbocycles. The quantitative estimate of drug-likeness (QED) is 0.491. The van der Waals surface area contributed by atoms with Crippen molar-refractivity contribution in [2.45, 2.75) is 32.6 Å². The molecular formula is C18H28N2O3+2. The number of hydrogen-bond acceptors (Lipinski definition) is 3. The summed E-state index contributed by atoms with van der Waals surface area (Å²) in [4.78, 5) is 0. The van der Waals surface area contributed by atoms with Gasteiger partial charge in [-0.1, -0.05) is 24.3 Å². The van der Waals surface area contributed by atoms with Gasteiger partial charge in [0.05, 0.1) is 12.2 Å². The predicted molar refractivity (Wildman–Crippen MR) is 88.6 cm³/mol. The number of furan rings is 1. The molecule has 1 aromatic heterocycles. The molecule has 0 fully saturated rings. The number of aliphatic hydroxyl groups excluding tert-OH is 2. The van der Waals surface area contributed by atoms with Crippen LogP contribution in [0.2, 0.25) is 0 Å². The van der Waals surface area contributed by atoms with E-state index in [0.717, 1.165) is 48.8 Å². The minimum atomic E-state index is -0.448. The van der Waals surface area contributed by atoms with Crippen LogP contribution in [0.1, 0.15) is 31.3 Å². The first-order valence-corrected chi connectivity index (χ1v) is 8.24. The topological polar surface area (TPSA) is 86.8 Å². The second kappa shape index (κ2) is 8.84. The monoisotopic (exact) mass is 320 g/mol. The van der Waals surface area contributed by atoms with Crippen molar-refractivity contribution in [2.24, 2.45) is 0 Å². The molecule has 1 heterocycles. The van der Waals surface area contributed by atoms with E-state index >= 15 is 0 Å². The van der Waals surface area contributed by atoms with Gasteiger partial charge in [-0.05, 0) is 31.5 Å². The Kier molecular flexibility index (Phi) is 6.80. The molecule has 6 N–H and O–H groups in total. The van der Waals surface area contributed by atoms with E-state index in [9.17, 15) is 10.2 Å². The maximum absolute atomic E-state index is 9.53. The second-order valence-corrected chi connectivity index (χ2v) is 6.01. The second-order valence-electron chi connectivity index (χ2n) is 6.01. The van der Waals surface area contributed by atoms with Crippen molar-refractivity contribution >= 4 is 0 Å². The zero-order valence-electron chi connectivity index (χ0n) is 13.9. The van der Waals surface area contributed by atoms with Crippen LogP contribution in [-0.4, -0.2) is 36.0 Å². The molecule has 126 valence electrons. The maximum atomic E-state index is 9.53. The Balaban J connectivity index is 1.79. The number of hydrogen-bond donors (Lipinski definition) is 4. The molecule has 0 saturated heterocycles. The van der Waals surface area contributed by atoms with E-state index in [1.807, 2.05) is 36.4 Å². The highest BCUT2D eigenvalue weighted by molar-refractivity contribution is 5.58. The average molecular weight is 320 g/mol. The maximum Gasteiger partial charge on any atom is 0.158 e. The summed E-state index contributed by atoms with van der Waals surface area (Å²) in [6.45, 7) is 7.10. The largest absolute Gasteiger partial charge is 0.455 e. The van der Waals surface area contributed by atoms with Crippen molar-refractivity contribution in [1.29, 1.82) is 0 Å². The molecule has 5 nitrogen and oxygen atoms in total. The van der Waals surface area contributed by atoms with E-state index < -0.39 is 6.10 Å². The summed E-state index contributed by atoms with van der Waals surface area (Å²) in [5.41, 5.74) is 1.92. The molecule has 0 amide bonds.